The van der Waals surface area contributed by atoms with Gasteiger partial charge in [-0.2, -0.15) is 13.2 Å². The monoisotopic (exact) mass is 246 g/mol. The van der Waals surface area contributed by atoms with Crippen LogP contribution in [-0.4, -0.2) is 36.2 Å². The lowest BCUT2D eigenvalue weighted by molar-refractivity contribution is -0.105. The van der Waals surface area contributed by atoms with Crippen molar-refractivity contribution >= 4 is 11.9 Å². The van der Waals surface area contributed by atoms with E-state index in [2.05, 4.69) is 4.72 Å². The van der Waals surface area contributed by atoms with E-state index in [0.717, 1.165) is 0 Å². The molecular weight excluding hydrogens is 232 g/mol. The lowest BCUT2D eigenvalue weighted by Gasteiger charge is -2.31. The molecule has 1 fully saturated rings. The van der Waals surface area contributed by atoms with Gasteiger partial charge in [0.25, 0.3) is 0 Å². The van der Waals surface area contributed by atoms with E-state index in [4.69, 9.17) is 0 Å². The topological polar surface area (TPSA) is 15.3 Å². The summed E-state index contributed by atoms with van der Waals surface area (Å²) in [6, 6.07) is -0.203. The van der Waals surface area contributed by atoms with Crippen molar-refractivity contribution in [2.45, 2.75) is 25.6 Å². The zero-order valence-electron chi connectivity index (χ0n) is 8.35. The highest BCUT2D eigenvalue weighted by Crippen LogP contribution is 2.22. The highest BCUT2D eigenvalue weighted by atomic mass is 32.2. The van der Waals surface area contributed by atoms with Gasteiger partial charge in [0, 0.05) is 19.1 Å². The van der Waals surface area contributed by atoms with E-state index in [1.165, 1.54) is 0 Å². The second kappa shape index (κ2) is 5.36. The Balaban J connectivity index is 2.21. The number of rotatable bonds is 3. The van der Waals surface area contributed by atoms with Crippen molar-refractivity contribution in [1.82, 2.24) is 9.84 Å². The van der Waals surface area contributed by atoms with Gasteiger partial charge in [-0.25, -0.2) is 0 Å². The number of nitrogens with zero attached hydrogens (tertiary/aromatic N) is 1. The molecule has 1 aliphatic heterocycles. The van der Waals surface area contributed by atoms with Gasteiger partial charge in [-0.1, -0.05) is 18.9 Å². The van der Waals surface area contributed by atoms with Crippen molar-refractivity contribution in [2.75, 3.05) is 18.8 Å². The van der Waals surface area contributed by atoms with E-state index in [0.29, 0.717) is 30.0 Å². The number of piperidine rings is 1. The van der Waals surface area contributed by atoms with Crippen LogP contribution in [0.15, 0.2) is 0 Å². The summed E-state index contributed by atoms with van der Waals surface area (Å²) in [6.45, 7) is 2.41. The molecule has 1 N–H and O–H groups in total. The molecule has 2 unspecified atom stereocenters. The number of nitrogens with one attached hydrogen (secondary N) is 1. The summed E-state index contributed by atoms with van der Waals surface area (Å²) < 4.78 is 51.0. The van der Waals surface area contributed by atoms with Crippen molar-refractivity contribution in [1.29, 1.82) is 0 Å². The first-order chi connectivity index (χ1) is 6.87. The van der Waals surface area contributed by atoms with E-state index in [1.54, 1.807) is 0 Å². The molecule has 0 aliphatic carbocycles. The van der Waals surface area contributed by atoms with Gasteiger partial charge < -0.3 is 0 Å². The maximum absolute atomic E-state index is 12.9. The van der Waals surface area contributed by atoms with Gasteiger partial charge in [0.1, 0.15) is 5.75 Å². The smallest absolute Gasteiger partial charge is 0.259 e. The van der Waals surface area contributed by atoms with E-state index >= 15 is 0 Å². The first-order valence-corrected chi connectivity index (χ1v) is 5.70. The zero-order valence-corrected chi connectivity index (χ0v) is 9.17. The van der Waals surface area contributed by atoms with Gasteiger partial charge in [-0.05, 0) is 12.3 Å². The van der Waals surface area contributed by atoms with Gasteiger partial charge in [0.15, 0.2) is 0 Å². The molecule has 0 amide bonds. The lowest BCUT2D eigenvalue weighted by atomic mass is 9.98. The SMILES string of the molecule is CC1CC(NSCC(F)(F)F)CN(F)C1. The molecule has 1 aliphatic rings. The summed E-state index contributed by atoms with van der Waals surface area (Å²) in [4.78, 5) is 0. The Bertz CT molecular complexity index is 190. The maximum Gasteiger partial charge on any atom is 0.399 e. The average molecular weight is 246 g/mol. The molecule has 0 spiro atoms. The van der Waals surface area contributed by atoms with Crippen LogP contribution in [0.3, 0.4) is 0 Å². The quantitative estimate of drug-likeness (QED) is 0.467. The fourth-order valence-electron chi connectivity index (χ4n) is 1.61. The molecule has 2 atom stereocenters. The van der Waals surface area contributed by atoms with Crippen LogP contribution in [0.2, 0.25) is 0 Å². The normalized spacial score (nSPS) is 29.4. The van der Waals surface area contributed by atoms with E-state index in [9.17, 15) is 17.7 Å². The minimum Gasteiger partial charge on any atom is -0.259 e. The third-order valence-corrected chi connectivity index (χ3v) is 3.07. The van der Waals surface area contributed by atoms with Gasteiger partial charge >= 0.3 is 6.18 Å². The molecule has 15 heavy (non-hydrogen) atoms. The molecule has 1 heterocycles. The highest BCUT2D eigenvalue weighted by molar-refractivity contribution is 7.97. The van der Waals surface area contributed by atoms with Crippen molar-refractivity contribution in [3.63, 3.8) is 0 Å². The molecule has 0 aromatic heterocycles. The van der Waals surface area contributed by atoms with Crippen molar-refractivity contribution in [2.24, 2.45) is 5.92 Å². The molecule has 90 valence electrons. The Labute approximate surface area is 90.5 Å². The standard InChI is InChI=1S/C8H14F4N2S/c1-6-2-7(4-14(12)3-6)13-15-5-8(9,10)11/h6-7,13H,2-5H2,1H3. The van der Waals surface area contributed by atoms with Crippen LogP contribution in [0.1, 0.15) is 13.3 Å². The second-order valence-corrected chi connectivity index (χ2v) is 4.70. The summed E-state index contributed by atoms with van der Waals surface area (Å²) in [5, 5.41) is 0.653. The van der Waals surface area contributed by atoms with Gasteiger partial charge in [-0.15, -0.1) is 9.60 Å². The third kappa shape index (κ3) is 5.58. The van der Waals surface area contributed by atoms with Crippen molar-refractivity contribution in [3.05, 3.63) is 0 Å². The largest absolute Gasteiger partial charge is 0.399 e. The van der Waals surface area contributed by atoms with Crippen LogP contribution in [-0.2, 0) is 0 Å². The van der Waals surface area contributed by atoms with Crippen LogP contribution in [0.25, 0.3) is 0 Å². The molecular formula is C8H14F4N2S. The van der Waals surface area contributed by atoms with Crippen LogP contribution in [0, 0.1) is 5.92 Å². The van der Waals surface area contributed by atoms with Crippen LogP contribution in [0.4, 0.5) is 17.7 Å². The summed E-state index contributed by atoms with van der Waals surface area (Å²) in [6.07, 6.45) is -3.46. The number of hydrogen-bond acceptors (Lipinski definition) is 3. The lowest BCUT2D eigenvalue weighted by Crippen LogP contribution is -2.43. The second-order valence-electron chi connectivity index (χ2n) is 3.89. The molecule has 7 heteroatoms. The van der Waals surface area contributed by atoms with Crippen LogP contribution < -0.4 is 4.72 Å². The Morgan fingerprint density at radius 2 is 2.07 bits per heavy atom. The summed E-state index contributed by atoms with van der Waals surface area (Å²) in [5.41, 5.74) is 0. The minimum atomic E-state index is -4.17. The predicted octanol–water partition coefficient (Wildman–Crippen LogP) is 2.38. The highest BCUT2D eigenvalue weighted by Gasteiger charge is 2.29. The molecule has 1 rings (SSSR count). The number of alkyl halides is 3. The fourth-order valence-corrected chi connectivity index (χ4v) is 2.27. The third-order valence-electron chi connectivity index (χ3n) is 2.10. The molecule has 0 bridgehead atoms. The Hall–Kier alpha value is -0.0100. The van der Waals surface area contributed by atoms with E-state index < -0.39 is 11.9 Å². The van der Waals surface area contributed by atoms with Gasteiger partial charge in [-0.3, -0.25) is 4.72 Å². The molecule has 0 radical (unpaired) electrons. The van der Waals surface area contributed by atoms with Crippen LogP contribution >= 0.6 is 11.9 Å². The fraction of sp³-hybridized carbons (Fsp3) is 1.00. The Morgan fingerprint density at radius 1 is 1.40 bits per heavy atom. The first kappa shape index (κ1) is 13.1. The minimum absolute atomic E-state index is 0.162. The van der Waals surface area contributed by atoms with Crippen LogP contribution in [0.5, 0.6) is 0 Å². The molecule has 2 nitrogen and oxygen atoms in total. The molecule has 0 aromatic carbocycles. The molecule has 1 saturated heterocycles. The molecule has 0 saturated carbocycles. The summed E-state index contributed by atoms with van der Waals surface area (Å²) in [7, 11) is 0. The van der Waals surface area contributed by atoms with E-state index in [1.807, 2.05) is 6.92 Å². The number of halogens is 4. The number of hydrogen-bond donors (Lipinski definition) is 1. The predicted molar refractivity (Wildman–Crippen MR) is 51.9 cm³/mol. The first-order valence-electron chi connectivity index (χ1n) is 4.71. The Kier molecular flexibility index (Phi) is 4.66. The van der Waals surface area contributed by atoms with Gasteiger partial charge in [0.05, 0.1) is 0 Å². The van der Waals surface area contributed by atoms with Crippen molar-refractivity contribution in [3.8, 4) is 0 Å². The van der Waals surface area contributed by atoms with Gasteiger partial charge in [0.2, 0.25) is 0 Å². The summed E-state index contributed by atoms with van der Waals surface area (Å²) in [5.74, 6) is -0.766. The summed E-state index contributed by atoms with van der Waals surface area (Å²) >= 11 is 0.602. The van der Waals surface area contributed by atoms with E-state index in [-0.39, 0.29) is 18.5 Å². The maximum atomic E-state index is 12.9. The Morgan fingerprint density at radius 3 is 2.60 bits per heavy atom. The molecule has 0 aromatic rings. The zero-order chi connectivity index (χ0) is 11.5. The average Bonchev–Trinajstić information content (AvgIpc) is 1.99. The van der Waals surface area contributed by atoms with Crippen molar-refractivity contribution < 1.29 is 17.7 Å².